The number of nitrogens with zero attached hydrogens (tertiary/aromatic N) is 3. The van der Waals surface area contributed by atoms with Crippen LogP contribution >= 0.6 is 0 Å². The largest absolute Gasteiger partial charge is 0.457 e. The molecule has 0 radical (unpaired) electrons. The number of piperidine rings is 1. The van der Waals surface area contributed by atoms with Gasteiger partial charge in [0, 0.05) is 39.0 Å². The molecule has 0 aliphatic carbocycles. The Kier molecular flexibility index (Phi) is 8.17. The number of rotatable bonds is 1. The lowest BCUT2D eigenvalue weighted by molar-refractivity contribution is -0.135. The van der Waals surface area contributed by atoms with Crippen LogP contribution in [0.3, 0.4) is 0 Å². The highest BCUT2D eigenvalue weighted by Crippen LogP contribution is 2.25. The number of aromatic nitrogens is 1. The van der Waals surface area contributed by atoms with Gasteiger partial charge >= 0.3 is 0 Å². The number of likely N-dealkylation sites (N-methyl/N-ethyl adjacent to an activating group) is 1. The quantitative estimate of drug-likeness (QED) is 0.521. The first-order valence-electron chi connectivity index (χ1n) is 13.1. The normalized spacial score (nSPS) is 20.6. The number of benzene rings is 2. The summed E-state index contributed by atoms with van der Waals surface area (Å²) in [5, 5.41) is 3.03. The Hall–Kier alpha value is -4.24. The van der Waals surface area contributed by atoms with E-state index in [1.807, 2.05) is 48.5 Å². The van der Waals surface area contributed by atoms with E-state index in [0.717, 1.165) is 11.1 Å². The Labute approximate surface area is 227 Å². The Morgan fingerprint density at radius 1 is 1.00 bits per heavy atom. The van der Waals surface area contributed by atoms with E-state index >= 15 is 0 Å². The summed E-state index contributed by atoms with van der Waals surface area (Å²) in [6, 6.07) is 18.4. The van der Waals surface area contributed by atoms with Crippen molar-refractivity contribution in [2.75, 3.05) is 26.7 Å². The number of carbonyl (C=O) groups is 3. The zero-order valence-electron chi connectivity index (χ0n) is 21.9. The van der Waals surface area contributed by atoms with Crippen molar-refractivity contribution in [3.8, 4) is 11.5 Å². The number of aryl methyl sites for hydroxylation is 1. The van der Waals surface area contributed by atoms with E-state index in [-0.39, 0.29) is 36.8 Å². The van der Waals surface area contributed by atoms with E-state index in [9.17, 15) is 14.4 Å². The second-order valence-electron chi connectivity index (χ2n) is 9.95. The molecule has 2 aliphatic rings. The summed E-state index contributed by atoms with van der Waals surface area (Å²) in [6.45, 7) is 1.02. The predicted molar refractivity (Wildman–Crippen MR) is 144 cm³/mol. The van der Waals surface area contributed by atoms with Crippen molar-refractivity contribution in [1.29, 1.82) is 0 Å². The van der Waals surface area contributed by atoms with Crippen LogP contribution in [0.2, 0.25) is 0 Å². The number of likely N-dealkylation sites (tertiary alicyclic amines) is 1. The standard InChI is InChI=1S/C30H32N4O5/c1-33-19-28(35)32-26-18-34(30(37)23-7-4-13-31-17-23)14-12-27(26)38-20-22-6-3-9-25(16-22)39-24-8-2-5-21(15-24)10-11-29(33)36/h2-9,13,15-17,26-27H,10-12,14,18-20H2,1H3,(H,32,35)/t26-,27+/m0/s1. The van der Waals surface area contributed by atoms with Crippen LogP contribution in [0.4, 0.5) is 0 Å². The van der Waals surface area contributed by atoms with Gasteiger partial charge in [-0.05, 0) is 60.4 Å². The maximum absolute atomic E-state index is 13.1. The zero-order valence-corrected chi connectivity index (χ0v) is 21.9. The van der Waals surface area contributed by atoms with Crippen LogP contribution in [0.1, 0.15) is 34.3 Å². The summed E-state index contributed by atoms with van der Waals surface area (Å²) < 4.78 is 12.4. The minimum absolute atomic E-state index is 0.0796. The lowest BCUT2D eigenvalue weighted by Crippen LogP contribution is -2.58. The molecule has 4 bridgehead atoms. The van der Waals surface area contributed by atoms with Crippen LogP contribution in [0, 0.1) is 0 Å². The van der Waals surface area contributed by atoms with E-state index in [1.165, 1.54) is 4.90 Å². The van der Waals surface area contributed by atoms with Gasteiger partial charge in [0.05, 0.1) is 30.9 Å². The summed E-state index contributed by atoms with van der Waals surface area (Å²) >= 11 is 0. The third kappa shape index (κ3) is 6.80. The number of pyridine rings is 1. The minimum Gasteiger partial charge on any atom is -0.457 e. The second-order valence-corrected chi connectivity index (χ2v) is 9.95. The van der Waals surface area contributed by atoms with Gasteiger partial charge in [0.25, 0.3) is 5.91 Å². The van der Waals surface area contributed by atoms with Crippen molar-refractivity contribution >= 4 is 17.7 Å². The van der Waals surface area contributed by atoms with Crippen LogP contribution in [0.5, 0.6) is 11.5 Å². The summed E-state index contributed by atoms with van der Waals surface area (Å²) in [6.07, 6.45) is 4.20. The van der Waals surface area contributed by atoms with E-state index in [1.54, 1.807) is 36.5 Å². The molecule has 0 unspecified atom stereocenters. The number of nitrogens with one attached hydrogen (secondary N) is 1. The first-order valence-corrected chi connectivity index (χ1v) is 13.1. The van der Waals surface area contributed by atoms with Gasteiger partial charge in [-0.2, -0.15) is 0 Å². The fourth-order valence-electron chi connectivity index (χ4n) is 4.93. The molecule has 2 atom stereocenters. The van der Waals surface area contributed by atoms with Crippen molar-refractivity contribution in [1.82, 2.24) is 20.1 Å². The summed E-state index contributed by atoms with van der Waals surface area (Å²) in [7, 11) is 1.62. The van der Waals surface area contributed by atoms with Gasteiger partial charge in [0.2, 0.25) is 11.8 Å². The third-order valence-electron chi connectivity index (χ3n) is 7.02. The van der Waals surface area contributed by atoms with Crippen LogP contribution in [0.15, 0.2) is 73.1 Å². The first kappa shape index (κ1) is 26.4. The average Bonchev–Trinajstić information content (AvgIpc) is 2.95. The third-order valence-corrected chi connectivity index (χ3v) is 7.02. The van der Waals surface area contributed by atoms with Crippen molar-refractivity contribution in [2.24, 2.45) is 0 Å². The van der Waals surface area contributed by atoms with E-state index in [0.29, 0.717) is 49.6 Å². The number of carbonyl (C=O) groups excluding carboxylic acids is 3. The molecule has 3 aromatic rings. The number of ether oxygens (including phenoxy) is 2. The molecule has 3 amide bonds. The highest BCUT2D eigenvalue weighted by atomic mass is 16.5. The molecule has 39 heavy (non-hydrogen) atoms. The highest BCUT2D eigenvalue weighted by molar-refractivity contribution is 5.94. The van der Waals surface area contributed by atoms with Crippen molar-refractivity contribution in [3.05, 3.63) is 89.7 Å². The molecule has 1 saturated heterocycles. The maximum atomic E-state index is 13.1. The lowest BCUT2D eigenvalue weighted by Gasteiger charge is -2.39. The number of hydrogen-bond donors (Lipinski definition) is 1. The monoisotopic (exact) mass is 528 g/mol. The molecule has 0 spiro atoms. The van der Waals surface area contributed by atoms with Crippen molar-refractivity contribution < 1.29 is 23.9 Å². The van der Waals surface area contributed by atoms with Crippen molar-refractivity contribution in [2.45, 2.75) is 38.0 Å². The molecular formula is C30H32N4O5. The fraction of sp³-hybridized carbons (Fsp3) is 0.333. The Morgan fingerprint density at radius 2 is 1.77 bits per heavy atom. The Bertz CT molecular complexity index is 1330. The average molecular weight is 529 g/mol. The second kappa shape index (κ2) is 12.1. The molecule has 9 heteroatoms. The van der Waals surface area contributed by atoms with Gasteiger partial charge in [0.15, 0.2) is 0 Å². The molecule has 1 aromatic heterocycles. The van der Waals surface area contributed by atoms with Gasteiger partial charge in [0.1, 0.15) is 11.5 Å². The van der Waals surface area contributed by atoms with E-state index < -0.39 is 6.04 Å². The zero-order chi connectivity index (χ0) is 27.2. The van der Waals surface area contributed by atoms with Crippen LogP contribution in [-0.2, 0) is 27.4 Å². The fourth-order valence-corrected chi connectivity index (χ4v) is 4.93. The summed E-state index contributed by atoms with van der Waals surface area (Å²) in [5.74, 6) is 0.814. The van der Waals surface area contributed by atoms with E-state index in [4.69, 9.17) is 9.47 Å². The Morgan fingerprint density at radius 3 is 2.54 bits per heavy atom. The number of hydrogen-bond acceptors (Lipinski definition) is 6. The van der Waals surface area contributed by atoms with Crippen LogP contribution in [0.25, 0.3) is 0 Å². The SMILES string of the molecule is CN1CC(=O)N[C@H]2CN(C(=O)c3cccnc3)CC[C@H]2OCc2cccc(c2)Oc2cccc(c2)CCC1=O. The molecular weight excluding hydrogens is 496 g/mol. The number of amides is 3. The molecule has 2 aromatic carbocycles. The van der Waals surface area contributed by atoms with Gasteiger partial charge < -0.3 is 24.6 Å². The molecule has 3 heterocycles. The van der Waals surface area contributed by atoms with Gasteiger partial charge in [-0.3, -0.25) is 19.4 Å². The molecule has 0 saturated carbocycles. The minimum atomic E-state index is -0.437. The van der Waals surface area contributed by atoms with Crippen LogP contribution < -0.4 is 10.1 Å². The number of fused-ring (bicyclic) bond motifs is 5. The molecule has 202 valence electrons. The van der Waals surface area contributed by atoms with E-state index in [2.05, 4.69) is 10.3 Å². The molecule has 1 fully saturated rings. The molecule has 2 aliphatic heterocycles. The topological polar surface area (TPSA) is 101 Å². The van der Waals surface area contributed by atoms with Gasteiger partial charge in [-0.15, -0.1) is 0 Å². The summed E-state index contributed by atoms with van der Waals surface area (Å²) in [5.41, 5.74) is 2.41. The van der Waals surface area contributed by atoms with Crippen LogP contribution in [-0.4, -0.2) is 71.3 Å². The highest BCUT2D eigenvalue weighted by Gasteiger charge is 2.34. The molecule has 5 rings (SSSR count). The predicted octanol–water partition coefficient (Wildman–Crippen LogP) is 3.19. The summed E-state index contributed by atoms with van der Waals surface area (Å²) in [4.78, 5) is 46.1. The first-order chi connectivity index (χ1) is 18.9. The Balaban J connectivity index is 1.37. The molecule has 9 nitrogen and oxygen atoms in total. The smallest absolute Gasteiger partial charge is 0.255 e. The maximum Gasteiger partial charge on any atom is 0.255 e. The van der Waals surface area contributed by atoms with Gasteiger partial charge in [-0.1, -0.05) is 24.3 Å². The van der Waals surface area contributed by atoms with Crippen molar-refractivity contribution in [3.63, 3.8) is 0 Å². The van der Waals surface area contributed by atoms with Gasteiger partial charge in [-0.25, -0.2) is 0 Å². The molecule has 1 N–H and O–H groups in total. The lowest BCUT2D eigenvalue weighted by atomic mass is 10.0.